The van der Waals surface area contributed by atoms with Crippen LogP contribution in [0, 0.1) is 11.2 Å². The summed E-state index contributed by atoms with van der Waals surface area (Å²) in [7, 11) is 0. The van der Waals surface area contributed by atoms with Gasteiger partial charge in [-0.15, -0.1) is 0 Å². The van der Waals surface area contributed by atoms with E-state index in [1.807, 2.05) is 12.1 Å². The van der Waals surface area contributed by atoms with Gasteiger partial charge >= 0.3 is 0 Å². The molecule has 0 saturated heterocycles. The fourth-order valence-corrected chi connectivity index (χ4v) is 4.20. The number of benzene rings is 1. The van der Waals surface area contributed by atoms with Crippen LogP contribution in [-0.2, 0) is 0 Å². The number of nitrogens with one attached hydrogen (secondary N) is 1. The summed E-state index contributed by atoms with van der Waals surface area (Å²) in [6.07, 6.45) is 11.0. The third-order valence-corrected chi connectivity index (χ3v) is 5.61. The van der Waals surface area contributed by atoms with Gasteiger partial charge in [-0.1, -0.05) is 12.8 Å². The lowest BCUT2D eigenvalue weighted by Crippen LogP contribution is -2.31. The van der Waals surface area contributed by atoms with Gasteiger partial charge in [-0.05, 0) is 78.1 Å². The quantitative estimate of drug-likeness (QED) is 0.756. The Morgan fingerprint density at radius 3 is 2.42 bits per heavy atom. The molecule has 19 heavy (non-hydrogen) atoms. The second-order valence-electron chi connectivity index (χ2n) is 6.25. The largest absolute Gasteiger partial charge is 0.382 e. The van der Waals surface area contributed by atoms with Gasteiger partial charge in [0.1, 0.15) is 5.82 Å². The van der Waals surface area contributed by atoms with Gasteiger partial charge in [-0.3, -0.25) is 0 Å². The average Bonchev–Trinajstić information content (AvgIpc) is 2.86. The van der Waals surface area contributed by atoms with E-state index in [-0.39, 0.29) is 5.82 Å². The summed E-state index contributed by atoms with van der Waals surface area (Å²) in [6.45, 7) is 0. The molecule has 1 nitrogen and oxygen atoms in total. The highest BCUT2D eigenvalue weighted by Crippen LogP contribution is 2.49. The van der Waals surface area contributed by atoms with Crippen LogP contribution in [-0.4, -0.2) is 6.04 Å². The Morgan fingerprint density at radius 2 is 1.79 bits per heavy atom. The lowest BCUT2D eigenvalue weighted by molar-refractivity contribution is 0.188. The van der Waals surface area contributed by atoms with E-state index < -0.39 is 0 Å². The summed E-state index contributed by atoms with van der Waals surface area (Å²) in [5.74, 6) is -0.195. The minimum absolute atomic E-state index is 0.195. The van der Waals surface area contributed by atoms with Crippen LogP contribution in [0.4, 0.5) is 10.1 Å². The maximum atomic E-state index is 13.2. The van der Waals surface area contributed by atoms with Gasteiger partial charge in [0.25, 0.3) is 0 Å². The van der Waals surface area contributed by atoms with Crippen molar-refractivity contribution in [2.45, 2.75) is 57.4 Å². The molecule has 3 rings (SSSR count). The fourth-order valence-electron chi connectivity index (χ4n) is 3.82. The maximum absolute atomic E-state index is 13.2. The lowest BCUT2D eigenvalue weighted by Gasteiger charge is -2.37. The average molecular weight is 326 g/mol. The second-order valence-corrected chi connectivity index (χ2v) is 7.11. The molecule has 2 aliphatic rings. The molecule has 2 saturated carbocycles. The monoisotopic (exact) mass is 325 g/mol. The predicted octanol–water partition coefficient (Wildman–Crippen LogP) is 5.50. The van der Waals surface area contributed by atoms with Crippen molar-refractivity contribution in [1.29, 1.82) is 0 Å². The molecular formula is C16H21BrFN. The van der Waals surface area contributed by atoms with E-state index in [0.717, 1.165) is 5.69 Å². The molecule has 0 bridgehead atoms. The Kier molecular flexibility index (Phi) is 3.84. The zero-order valence-electron chi connectivity index (χ0n) is 11.2. The Morgan fingerprint density at radius 1 is 1.11 bits per heavy atom. The maximum Gasteiger partial charge on any atom is 0.137 e. The summed E-state index contributed by atoms with van der Waals surface area (Å²) < 4.78 is 13.7. The zero-order chi connectivity index (χ0) is 13.3. The van der Waals surface area contributed by atoms with Crippen molar-refractivity contribution >= 4 is 21.6 Å². The first-order valence-corrected chi connectivity index (χ1v) is 8.18. The highest BCUT2D eigenvalue weighted by atomic mass is 79.9. The van der Waals surface area contributed by atoms with Gasteiger partial charge < -0.3 is 5.32 Å². The topological polar surface area (TPSA) is 12.0 Å². The van der Waals surface area contributed by atoms with Gasteiger partial charge in [0.05, 0.1) is 4.47 Å². The summed E-state index contributed by atoms with van der Waals surface area (Å²) in [5, 5.41) is 3.56. The molecule has 2 fully saturated rings. The molecule has 2 aliphatic carbocycles. The molecule has 3 heteroatoms. The fraction of sp³-hybridized carbons (Fsp3) is 0.625. The molecule has 1 spiro atoms. The van der Waals surface area contributed by atoms with Crippen LogP contribution in [0.5, 0.6) is 0 Å². The van der Waals surface area contributed by atoms with E-state index in [2.05, 4.69) is 21.2 Å². The number of anilines is 1. The highest BCUT2D eigenvalue weighted by molar-refractivity contribution is 9.10. The Labute approximate surface area is 123 Å². The van der Waals surface area contributed by atoms with E-state index in [0.29, 0.717) is 15.9 Å². The third-order valence-electron chi connectivity index (χ3n) is 5.00. The standard InChI is InChI=1S/C16H21BrFN/c17-14-11-13(3-4-15(14)18)19-12-5-9-16(10-6-12)7-1-2-8-16/h3-4,11-12,19H,1-2,5-10H2. The number of halogens is 2. The molecule has 0 radical (unpaired) electrons. The van der Waals surface area contributed by atoms with Crippen molar-refractivity contribution < 1.29 is 4.39 Å². The minimum atomic E-state index is -0.195. The van der Waals surface area contributed by atoms with Gasteiger partial charge in [-0.25, -0.2) is 4.39 Å². The van der Waals surface area contributed by atoms with Crippen LogP contribution < -0.4 is 5.32 Å². The lowest BCUT2D eigenvalue weighted by atomic mass is 9.71. The molecule has 1 aromatic rings. The molecular weight excluding hydrogens is 305 g/mol. The van der Waals surface area contributed by atoms with Gasteiger partial charge in [0.15, 0.2) is 0 Å². The van der Waals surface area contributed by atoms with Crippen molar-refractivity contribution in [3.05, 3.63) is 28.5 Å². The minimum Gasteiger partial charge on any atom is -0.382 e. The third kappa shape index (κ3) is 2.96. The van der Waals surface area contributed by atoms with Crippen LogP contribution in [0.2, 0.25) is 0 Å². The van der Waals surface area contributed by atoms with Gasteiger partial charge in [0, 0.05) is 11.7 Å². The molecule has 0 aromatic heterocycles. The summed E-state index contributed by atoms with van der Waals surface area (Å²) in [5.41, 5.74) is 1.71. The van der Waals surface area contributed by atoms with E-state index in [1.165, 1.54) is 57.4 Å². The van der Waals surface area contributed by atoms with Crippen molar-refractivity contribution in [2.24, 2.45) is 5.41 Å². The first-order chi connectivity index (χ1) is 9.17. The smallest absolute Gasteiger partial charge is 0.137 e. The van der Waals surface area contributed by atoms with Crippen molar-refractivity contribution in [2.75, 3.05) is 5.32 Å². The molecule has 104 valence electrons. The molecule has 1 aromatic carbocycles. The predicted molar refractivity (Wildman–Crippen MR) is 80.9 cm³/mol. The summed E-state index contributed by atoms with van der Waals surface area (Å²) in [4.78, 5) is 0. The molecule has 0 heterocycles. The molecule has 0 unspecified atom stereocenters. The van der Waals surface area contributed by atoms with Crippen LogP contribution in [0.25, 0.3) is 0 Å². The Bertz CT molecular complexity index is 444. The molecule has 0 aliphatic heterocycles. The Balaban J connectivity index is 1.58. The van der Waals surface area contributed by atoms with Crippen LogP contribution in [0.3, 0.4) is 0 Å². The summed E-state index contributed by atoms with van der Waals surface area (Å²) >= 11 is 3.24. The van der Waals surface area contributed by atoms with E-state index in [4.69, 9.17) is 0 Å². The first kappa shape index (κ1) is 13.4. The number of rotatable bonds is 2. The normalized spacial score (nSPS) is 22.8. The van der Waals surface area contributed by atoms with Crippen molar-refractivity contribution in [3.8, 4) is 0 Å². The molecule has 0 atom stereocenters. The number of hydrogen-bond acceptors (Lipinski definition) is 1. The zero-order valence-corrected chi connectivity index (χ0v) is 12.8. The molecule has 0 amide bonds. The van der Waals surface area contributed by atoms with E-state index in [1.54, 1.807) is 0 Å². The van der Waals surface area contributed by atoms with Gasteiger partial charge in [0.2, 0.25) is 0 Å². The van der Waals surface area contributed by atoms with Crippen LogP contribution in [0.15, 0.2) is 22.7 Å². The van der Waals surface area contributed by atoms with E-state index in [9.17, 15) is 4.39 Å². The highest BCUT2D eigenvalue weighted by Gasteiger charge is 2.37. The Hall–Kier alpha value is -0.570. The molecule has 1 N–H and O–H groups in total. The first-order valence-electron chi connectivity index (χ1n) is 7.39. The summed E-state index contributed by atoms with van der Waals surface area (Å²) in [6, 6.07) is 5.76. The van der Waals surface area contributed by atoms with Gasteiger partial charge in [-0.2, -0.15) is 0 Å². The van der Waals surface area contributed by atoms with Crippen molar-refractivity contribution in [1.82, 2.24) is 0 Å². The van der Waals surface area contributed by atoms with Crippen LogP contribution >= 0.6 is 15.9 Å². The van der Waals surface area contributed by atoms with E-state index >= 15 is 0 Å². The SMILES string of the molecule is Fc1ccc(NC2CCC3(CCCC3)CC2)cc1Br. The number of hydrogen-bond donors (Lipinski definition) is 1. The van der Waals surface area contributed by atoms with Crippen LogP contribution in [0.1, 0.15) is 51.4 Å². The van der Waals surface area contributed by atoms with Crippen molar-refractivity contribution in [3.63, 3.8) is 0 Å². The second kappa shape index (κ2) is 5.43.